The first-order valence-corrected chi connectivity index (χ1v) is 8.12. The molecule has 1 saturated carbocycles. The van der Waals surface area contributed by atoms with Crippen molar-refractivity contribution in [3.63, 3.8) is 0 Å². The highest BCUT2D eigenvalue weighted by Gasteiger charge is 2.45. The summed E-state index contributed by atoms with van der Waals surface area (Å²) in [5.74, 6) is 0.497. The summed E-state index contributed by atoms with van der Waals surface area (Å²) in [7, 11) is -3.47. The number of nitrogens with one attached hydrogen (secondary N) is 1. The predicted octanol–water partition coefficient (Wildman–Crippen LogP) is 2.29. The molecule has 1 aromatic rings. The van der Waals surface area contributed by atoms with Gasteiger partial charge in [-0.2, -0.15) is 0 Å². The van der Waals surface area contributed by atoms with Crippen LogP contribution in [0.1, 0.15) is 32.3 Å². The number of nitrogen functional groups attached to an aromatic ring is 1. The van der Waals surface area contributed by atoms with Crippen molar-refractivity contribution in [3.05, 3.63) is 23.8 Å². The van der Waals surface area contributed by atoms with E-state index in [9.17, 15) is 8.42 Å². The van der Waals surface area contributed by atoms with Crippen LogP contribution in [-0.2, 0) is 10.0 Å². The molecule has 4 nitrogen and oxygen atoms in total. The summed E-state index contributed by atoms with van der Waals surface area (Å²) >= 11 is 0. The molecule has 0 radical (unpaired) electrons. The average molecular weight is 282 g/mol. The minimum atomic E-state index is -3.47. The molecule has 0 amide bonds. The second-order valence-corrected chi connectivity index (χ2v) is 7.55. The second-order valence-electron chi connectivity index (χ2n) is 5.81. The van der Waals surface area contributed by atoms with Crippen molar-refractivity contribution in [1.82, 2.24) is 4.72 Å². The summed E-state index contributed by atoms with van der Waals surface area (Å²) in [5.41, 5.74) is 7.04. The number of anilines is 1. The molecule has 0 aliphatic heterocycles. The Balaban J connectivity index is 2.17. The highest BCUT2D eigenvalue weighted by molar-refractivity contribution is 7.89. The van der Waals surface area contributed by atoms with Crippen LogP contribution in [0.5, 0.6) is 0 Å². The smallest absolute Gasteiger partial charge is 0.240 e. The number of hydrogen-bond donors (Lipinski definition) is 2. The summed E-state index contributed by atoms with van der Waals surface area (Å²) in [4.78, 5) is 0.284. The molecule has 0 bridgehead atoms. The topological polar surface area (TPSA) is 72.2 Å². The van der Waals surface area contributed by atoms with E-state index in [1.165, 1.54) is 0 Å². The summed E-state index contributed by atoms with van der Waals surface area (Å²) in [6.07, 6.45) is 2.20. The highest BCUT2D eigenvalue weighted by atomic mass is 32.2. The summed E-state index contributed by atoms with van der Waals surface area (Å²) in [6, 6.07) is 4.99. The van der Waals surface area contributed by atoms with Gasteiger partial charge in [0.05, 0.1) is 4.90 Å². The SMILES string of the molecule is Cc1c(N)cccc1S(=O)(=O)NCC1(C(C)C)CC1. The molecule has 0 atom stereocenters. The van der Waals surface area contributed by atoms with E-state index in [1.807, 2.05) is 0 Å². The van der Waals surface area contributed by atoms with Crippen LogP contribution in [-0.4, -0.2) is 15.0 Å². The van der Waals surface area contributed by atoms with Crippen LogP contribution < -0.4 is 10.5 Å². The molecule has 1 aliphatic rings. The molecule has 3 N–H and O–H groups in total. The molecule has 0 heterocycles. The van der Waals surface area contributed by atoms with Gasteiger partial charge in [-0.05, 0) is 48.8 Å². The first-order valence-electron chi connectivity index (χ1n) is 6.63. The van der Waals surface area contributed by atoms with Gasteiger partial charge in [-0.1, -0.05) is 19.9 Å². The van der Waals surface area contributed by atoms with Crippen molar-refractivity contribution in [2.24, 2.45) is 11.3 Å². The van der Waals surface area contributed by atoms with Crippen LogP contribution in [0.3, 0.4) is 0 Å². The lowest BCUT2D eigenvalue weighted by Gasteiger charge is -2.20. The maximum Gasteiger partial charge on any atom is 0.240 e. The minimum absolute atomic E-state index is 0.154. The third-order valence-corrected chi connectivity index (χ3v) is 5.89. The summed E-state index contributed by atoms with van der Waals surface area (Å²) in [6.45, 7) is 6.54. The largest absolute Gasteiger partial charge is 0.398 e. The van der Waals surface area contributed by atoms with Gasteiger partial charge in [0.1, 0.15) is 0 Å². The van der Waals surface area contributed by atoms with Crippen LogP contribution in [0.25, 0.3) is 0 Å². The molecule has 0 saturated heterocycles. The van der Waals surface area contributed by atoms with Crippen molar-refractivity contribution in [3.8, 4) is 0 Å². The van der Waals surface area contributed by atoms with Crippen molar-refractivity contribution >= 4 is 15.7 Å². The molecule has 1 fully saturated rings. The molecule has 19 heavy (non-hydrogen) atoms. The monoisotopic (exact) mass is 282 g/mol. The molecule has 5 heteroatoms. The van der Waals surface area contributed by atoms with Gasteiger partial charge >= 0.3 is 0 Å². The lowest BCUT2D eigenvalue weighted by atomic mass is 9.93. The Morgan fingerprint density at radius 3 is 2.53 bits per heavy atom. The van der Waals surface area contributed by atoms with Crippen LogP contribution >= 0.6 is 0 Å². The van der Waals surface area contributed by atoms with Crippen LogP contribution in [0.4, 0.5) is 5.69 Å². The fourth-order valence-corrected chi connectivity index (χ4v) is 3.77. The molecule has 2 rings (SSSR count). The van der Waals surface area contributed by atoms with Gasteiger partial charge in [0.25, 0.3) is 0 Å². The van der Waals surface area contributed by atoms with Crippen LogP contribution in [0.15, 0.2) is 23.1 Å². The van der Waals surface area contributed by atoms with Crippen molar-refractivity contribution in [2.75, 3.05) is 12.3 Å². The summed E-state index contributed by atoms with van der Waals surface area (Å²) < 4.78 is 27.4. The van der Waals surface area contributed by atoms with E-state index in [-0.39, 0.29) is 10.3 Å². The number of hydrogen-bond acceptors (Lipinski definition) is 3. The molecule has 0 aromatic heterocycles. The van der Waals surface area contributed by atoms with Crippen molar-refractivity contribution in [2.45, 2.75) is 38.5 Å². The Bertz CT molecular complexity index is 575. The molecule has 1 aliphatic carbocycles. The van der Waals surface area contributed by atoms with Gasteiger partial charge < -0.3 is 5.73 Å². The zero-order chi connectivity index (χ0) is 14.3. The first kappa shape index (κ1) is 14.3. The van der Waals surface area contributed by atoms with Gasteiger partial charge in [-0.15, -0.1) is 0 Å². The van der Waals surface area contributed by atoms with E-state index in [4.69, 9.17) is 5.73 Å². The number of nitrogens with two attached hydrogens (primary N) is 1. The molecular formula is C14H22N2O2S. The Labute approximate surface area is 115 Å². The number of sulfonamides is 1. The van der Waals surface area contributed by atoms with E-state index in [0.29, 0.717) is 23.7 Å². The van der Waals surface area contributed by atoms with Gasteiger partial charge in [0.2, 0.25) is 10.0 Å². The third kappa shape index (κ3) is 2.77. The molecule has 0 unspecified atom stereocenters. The fourth-order valence-electron chi connectivity index (χ4n) is 2.36. The third-order valence-electron chi connectivity index (χ3n) is 4.35. The number of benzene rings is 1. The van der Waals surface area contributed by atoms with Gasteiger partial charge in [-0.25, -0.2) is 13.1 Å². The Morgan fingerprint density at radius 1 is 1.37 bits per heavy atom. The maximum atomic E-state index is 12.3. The fraction of sp³-hybridized carbons (Fsp3) is 0.571. The Kier molecular flexibility index (Phi) is 3.62. The van der Waals surface area contributed by atoms with E-state index >= 15 is 0 Å². The van der Waals surface area contributed by atoms with E-state index in [2.05, 4.69) is 18.6 Å². The van der Waals surface area contributed by atoms with E-state index in [1.54, 1.807) is 25.1 Å². The van der Waals surface area contributed by atoms with Crippen LogP contribution in [0.2, 0.25) is 0 Å². The Hall–Kier alpha value is -1.07. The second kappa shape index (κ2) is 4.80. The number of rotatable bonds is 5. The molecule has 0 spiro atoms. The zero-order valence-electron chi connectivity index (χ0n) is 11.7. The summed E-state index contributed by atoms with van der Waals surface area (Å²) in [5, 5.41) is 0. The standard InChI is InChI=1S/C14H22N2O2S/c1-10(2)14(7-8-14)9-16-19(17,18)13-6-4-5-12(15)11(13)3/h4-6,10,16H,7-9,15H2,1-3H3. The van der Waals surface area contributed by atoms with Gasteiger partial charge in [0, 0.05) is 12.2 Å². The maximum absolute atomic E-state index is 12.3. The molecule has 1 aromatic carbocycles. The first-order chi connectivity index (χ1) is 8.78. The lowest BCUT2D eigenvalue weighted by molar-refractivity contribution is 0.357. The van der Waals surface area contributed by atoms with Crippen molar-refractivity contribution in [1.29, 1.82) is 0 Å². The average Bonchev–Trinajstić information content (AvgIpc) is 3.11. The zero-order valence-corrected chi connectivity index (χ0v) is 12.5. The predicted molar refractivity (Wildman–Crippen MR) is 77.3 cm³/mol. The van der Waals surface area contributed by atoms with Crippen molar-refractivity contribution < 1.29 is 8.42 Å². The van der Waals surface area contributed by atoms with Gasteiger partial charge in [0.15, 0.2) is 0 Å². The normalized spacial score (nSPS) is 17.7. The van der Waals surface area contributed by atoms with Gasteiger partial charge in [-0.3, -0.25) is 0 Å². The quantitative estimate of drug-likeness (QED) is 0.814. The van der Waals surface area contributed by atoms with Crippen LogP contribution in [0, 0.1) is 18.3 Å². The lowest BCUT2D eigenvalue weighted by Crippen LogP contribution is -2.33. The van der Waals surface area contributed by atoms with E-state index in [0.717, 1.165) is 12.8 Å². The molecular weight excluding hydrogens is 260 g/mol. The molecule has 106 valence electrons. The minimum Gasteiger partial charge on any atom is -0.398 e. The highest BCUT2D eigenvalue weighted by Crippen LogP contribution is 2.51. The Morgan fingerprint density at radius 2 is 2.00 bits per heavy atom. The van der Waals surface area contributed by atoms with E-state index < -0.39 is 10.0 Å².